The monoisotopic (exact) mass is 278 g/mol. The quantitative estimate of drug-likeness (QED) is 0.839. The Bertz CT molecular complexity index is 667. The smallest absolute Gasteiger partial charge is 0.263 e. The molecule has 0 heterocycles. The summed E-state index contributed by atoms with van der Waals surface area (Å²) in [4.78, 5) is 0.0609. The van der Waals surface area contributed by atoms with Gasteiger partial charge in [0.15, 0.2) is 0 Å². The van der Waals surface area contributed by atoms with E-state index in [1.807, 2.05) is 0 Å². The standard InChI is InChI=1S/C13H14N2O3S/c1-18-11-8-6-10(7-9-11)15-19(16,17)13-5-3-2-4-12(13)14/h2-9,15H,14H2,1H3. The SMILES string of the molecule is COc1ccc(NS(=O)(=O)c2ccccc2N)cc1. The summed E-state index contributed by atoms with van der Waals surface area (Å²) in [7, 11) is -2.13. The predicted octanol–water partition coefficient (Wildman–Crippen LogP) is 2.08. The zero-order valence-corrected chi connectivity index (χ0v) is 11.1. The van der Waals surface area contributed by atoms with Gasteiger partial charge in [0.25, 0.3) is 10.0 Å². The molecule has 0 aliphatic heterocycles. The number of sulfonamides is 1. The number of rotatable bonds is 4. The molecule has 2 aromatic carbocycles. The van der Waals surface area contributed by atoms with Crippen molar-refractivity contribution in [2.75, 3.05) is 17.6 Å². The van der Waals surface area contributed by atoms with E-state index in [-0.39, 0.29) is 10.6 Å². The van der Waals surface area contributed by atoms with Gasteiger partial charge in [-0.05, 0) is 36.4 Å². The van der Waals surface area contributed by atoms with E-state index in [2.05, 4.69) is 4.72 Å². The van der Waals surface area contributed by atoms with Gasteiger partial charge >= 0.3 is 0 Å². The van der Waals surface area contributed by atoms with Gasteiger partial charge in [-0.2, -0.15) is 0 Å². The number of para-hydroxylation sites is 1. The Morgan fingerprint density at radius 2 is 1.68 bits per heavy atom. The highest BCUT2D eigenvalue weighted by Crippen LogP contribution is 2.22. The zero-order chi connectivity index (χ0) is 13.9. The highest BCUT2D eigenvalue weighted by atomic mass is 32.2. The van der Waals surface area contributed by atoms with Gasteiger partial charge in [0.2, 0.25) is 0 Å². The first-order chi connectivity index (χ1) is 9.03. The van der Waals surface area contributed by atoms with E-state index in [1.54, 1.807) is 49.6 Å². The second-order valence-corrected chi connectivity index (χ2v) is 5.52. The van der Waals surface area contributed by atoms with Crippen molar-refractivity contribution < 1.29 is 13.2 Å². The molecule has 0 unspecified atom stereocenters. The van der Waals surface area contributed by atoms with Gasteiger partial charge in [0, 0.05) is 5.69 Å². The van der Waals surface area contributed by atoms with Crippen LogP contribution in [0.5, 0.6) is 5.75 Å². The number of nitrogens with one attached hydrogen (secondary N) is 1. The van der Waals surface area contributed by atoms with Crippen LogP contribution in [0, 0.1) is 0 Å². The Labute approximate surface area is 112 Å². The molecule has 0 aliphatic rings. The third-order valence-corrected chi connectivity index (χ3v) is 4.01. The molecule has 6 heteroatoms. The van der Waals surface area contributed by atoms with Crippen molar-refractivity contribution in [2.24, 2.45) is 0 Å². The number of ether oxygens (including phenoxy) is 1. The molecular weight excluding hydrogens is 264 g/mol. The molecule has 0 bridgehead atoms. The zero-order valence-electron chi connectivity index (χ0n) is 10.3. The van der Waals surface area contributed by atoms with Crippen molar-refractivity contribution in [1.29, 1.82) is 0 Å². The van der Waals surface area contributed by atoms with E-state index in [1.165, 1.54) is 6.07 Å². The lowest BCUT2D eigenvalue weighted by atomic mass is 10.3. The number of anilines is 2. The van der Waals surface area contributed by atoms with E-state index in [9.17, 15) is 8.42 Å². The van der Waals surface area contributed by atoms with Gasteiger partial charge in [-0.3, -0.25) is 4.72 Å². The number of nitrogen functional groups attached to an aromatic ring is 1. The Morgan fingerprint density at radius 1 is 1.05 bits per heavy atom. The van der Waals surface area contributed by atoms with Crippen LogP contribution in [0.15, 0.2) is 53.4 Å². The summed E-state index contributed by atoms with van der Waals surface area (Å²) in [5, 5.41) is 0. The number of nitrogens with two attached hydrogens (primary N) is 1. The van der Waals surface area contributed by atoms with E-state index < -0.39 is 10.0 Å². The molecule has 5 nitrogen and oxygen atoms in total. The summed E-state index contributed by atoms with van der Waals surface area (Å²) in [6.07, 6.45) is 0. The second-order valence-electron chi connectivity index (χ2n) is 3.87. The summed E-state index contributed by atoms with van der Waals surface area (Å²) in [6, 6.07) is 12.9. The molecule has 19 heavy (non-hydrogen) atoms. The normalized spacial score (nSPS) is 11.0. The van der Waals surface area contributed by atoms with Gasteiger partial charge in [-0.25, -0.2) is 8.42 Å². The first-order valence-corrected chi connectivity index (χ1v) is 7.02. The van der Waals surface area contributed by atoms with Crippen molar-refractivity contribution in [1.82, 2.24) is 0 Å². The van der Waals surface area contributed by atoms with Gasteiger partial charge < -0.3 is 10.5 Å². The fraction of sp³-hybridized carbons (Fsp3) is 0.0769. The maximum Gasteiger partial charge on any atom is 0.263 e. The first-order valence-electron chi connectivity index (χ1n) is 5.54. The Balaban J connectivity index is 2.28. The van der Waals surface area contributed by atoms with Crippen LogP contribution in [0.25, 0.3) is 0 Å². The lowest BCUT2D eigenvalue weighted by Crippen LogP contribution is -2.14. The average molecular weight is 278 g/mol. The summed E-state index contributed by atoms with van der Waals surface area (Å²) in [5.41, 5.74) is 6.33. The molecule has 0 atom stereocenters. The van der Waals surface area contributed by atoms with Crippen molar-refractivity contribution in [3.63, 3.8) is 0 Å². The molecule has 2 rings (SSSR count). The Kier molecular flexibility index (Phi) is 3.62. The van der Waals surface area contributed by atoms with Crippen molar-refractivity contribution in [3.8, 4) is 5.75 Å². The average Bonchev–Trinajstić information content (AvgIpc) is 2.39. The largest absolute Gasteiger partial charge is 0.497 e. The minimum absolute atomic E-state index is 0.0609. The number of methoxy groups -OCH3 is 1. The summed E-state index contributed by atoms with van der Waals surface area (Å²) in [5.74, 6) is 0.655. The predicted molar refractivity (Wildman–Crippen MR) is 74.7 cm³/mol. The van der Waals surface area contributed by atoms with Crippen LogP contribution >= 0.6 is 0 Å². The van der Waals surface area contributed by atoms with E-state index in [0.29, 0.717) is 11.4 Å². The Hall–Kier alpha value is -2.21. The molecule has 0 amide bonds. The van der Waals surface area contributed by atoms with Gasteiger partial charge in [0.1, 0.15) is 10.6 Å². The molecule has 0 aliphatic carbocycles. The van der Waals surface area contributed by atoms with Crippen LogP contribution in [0.1, 0.15) is 0 Å². The maximum absolute atomic E-state index is 12.2. The lowest BCUT2D eigenvalue weighted by Gasteiger charge is -2.10. The van der Waals surface area contributed by atoms with E-state index in [0.717, 1.165) is 0 Å². The van der Waals surface area contributed by atoms with E-state index >= 15 is 0 Å². The molecule has 0 saturated heterocycles. The van der Waals surface area contributed by atoms with Crippen LogP contribution in [-0.2, 0) is 10.0 Å². The van der Waals surface area contributed by atoms with Gasteiger partial charge in [0.05, 0.1) is 12.8 Å². The molecule has 100 valence electrons. The van der Waals surface area contributed by atoms with Crippen LogP contribution in [0.3, 0.4) is 0 Å². The minimum atomic E-state index is -3.68. The van der Waals surface area contributed by atoms with Crippen LogP contribution in [-0.4, -0.2) is 15.5 Å². The van der Waals surface area contributed by atoms with Crippen LogP contribution in [0.4, 0.5) is 11.4 Å². The van der Waals surface area contributed by atoms with Crippen LogP contribution in [0.2, 0.25) is 0 Å². The first kappa shape index (κ1) is 13.2. The molecule has 2 aromatic rings. The molecule has 0 saturated carbocycles. The van der Waals surface area contributed by atoms with Gasteiger partial charge in [-0.15, -0.1) is 0 Å². The third kappa shape index (κ3) is 2.97. The van der Waals surface area contributed by atoms with E-state index in [4.69, 9.17) is 10.5 Å². The fourth-order valence-corrected chi connectivity index (χ4v) is 2.79. The van der Waals surface area contributed by atoms with Crippen molar-refractivity contribution >= 4 is 21.4 Å². The van der Waals surface area contributed by atoms with Crippen LogP contribution < -0.4 is 15.2 Å². The number of hydrogen-bond acceptors (Lipinski definition) is 4. The maximum atomic E-state index is 12.2. The topological polar surface area (TPSA) is 81.4 Å². The number of benzene rings is 2. The third-order valence-electron chi connectivity index (χ3n) is 2.55. The van der Waals surface area contributed by atoms with Gasteiger partial charge in [-0.1, -0.05) is 12.1 Å². The molecule has 0 fully saturated rings. The minimum Gasteiger partial charge on any atom is -0.497 e. The highest BCUT2D eigenvalue weighted by Gasteiger charge is 2.16. The van der Waals surface area contributed by atoms with Crippen molar-refractivity contribution in [2.45, 2.75) is 4.90 Å². The number of hydrogen-bond donors (Lipinski definition) is 2. The second kappa shape index (κ2) is 5.19. The molecular formula is C13H14N2O3S. The summed E-state index contributed by atoms with van der Waals surface area (Å²) < 4.78 is 31.8. The molecule has 0 aromatic heterocycles. The summed E-state index contributed by atoms with van der Waals surface area (Å²) in [6.45, 7) is 0. The molecule has 0 radical (unpaired) electrons. The lowest BCUT2D eigenvalue weighted by molar-refractivity contribution is 0.415. The molecule has 3 N–H and O–H groups in total. The Morgan fingerprint density at radius 3 is 2.26 bits per heavy atom. The van der Waals surface area contributed by atoms with Crippen molar-refractivity contribution in [3.05, 3.63) is 48.5 Å². The summed E-state index contributed by atoms with van der Waals surface area (Å²) >= 11 is 0. The highest BCUT2D eigenvalue weighted by molar-refractivity contribution is 7.92. The fourth-order valence-electron chi connectivity index (χ4n) is 1.59. The molecule has 0 spiro atoms.